The Morgan fingerprint density at radius 1 is 0.314 bits per heavy atom. The predicted octanol–water partition coefficient (Wildman–Crippen LogP) is 17.5. The third-order valence-electron chi connectivity index (χ3n) is 13.9. The van der Waals surface area contributed by atoms with E-state index in [4.69, 9.17) is 23.8 Å². The van der Waals surface area contributed by atoms with Crippen LogP contribution in [0.5, 0.6) is 0 Å². The highest BCUT2D eigenvalue weighted by Crippen LogP contribution is 2.43. The zero-order chi connectivity index (χ0) is 45.9. The average molecular weight is 913 g/mol. The minimum Gasteiger partial charge on any atom is -0.456 e. The van der Waals surface area contributed by atoms with Crippen molar-refractivity contribution in [2.75, 3.05) is 0 Å². The first kappa shape index (κ1) is 38.9. The molecule has 0 amide bonds. The van der Waals surface area contributed by atoms with Gasteiger partial charge in [0.2, 0.25) is 0 Å². The molecule has 70 heavy (non-hydrogen) atoms. The standard InChI is InChI=1S/C63H36N4O2S/c1-2-15-42(16-3-1)67-51-22-7-4-17-43(51)49-34-39(28-31-52(49)67)37-13-10-14-38(33-37)40-29-32-54-50(35-40)59-47(20-11-24-55(59)68-54)62-64-61(41-27-30-45-44-18-5-8-23-53(44)69-56(45)36-41)65-63(66-62)48-21-12-26-58-60(48)46-19-6-9-25-57(46)70-58/h1-36H. The van der Waals surface area contributed by atoms with Crippen LogP contribution in [0.15, 0.2) is 227 Å². The molecule has 0 saturated carbocycles. The van der Waals surface area contributed by atoms with Crippen molar-refractivity contribution in [1.29, 1.82) is 0 Å². The first-order valence-electron chi connectivity index (χ1n) is 23.4. The lowest BCUT2D eigenvalue weighted by molar-refractivity contribution is 0.668. The van der Waals surface area contributed by atoms with Gasteiger partial charge in [-0.05, 0) is 107 Å². The molecule has 0 aliphatic carbocycles. The van der Waals surface area contributed by atoms with Crippen molar-refractivity contribution in [3.63, 3.8) is 0 Å². The van der Waals surface area contributed by atoms with E-state index in [-0.39, 0.29) is 0 Å². The van der Waals surface area contributed by atoms with E-state index in [2.05, 4.69) is 187 Å². The lowest BCUT2D eigenvalue weighted by Crippen LogP contribution is -2.00. The van der Waals surface area contributed by atoms with Crippen molar-refractivity contribution in [1.82, 2.24) is 19.5 Å². The summed E-state index contributed by atoms with van der Waals surface area (Å²) in [6.45, 7) is 0. The minimum atomic E-state index is 0.559. The second-order valence-electron chi connectivity index (χ2n) is 17.9. The lowest BCUT2D eigenvalue weighted by Gasteiger charge is -2.11. The third kappa shape index (κ3) is 6.02. The lowest BCUT2D eigenvalue weighted by atomic mass is 9.96. The van der Waals surface area contributed by atoms with Crippen LogP contribution >= 0.6 is 11.3 Å². The van der Waals surface area contributed by atoms with E-state index in [1.165, 1.54) is 36.6 Å². The Labute approximate surface area is 404 Å². The van der Waals surface area contributed by atoms with Crippen LogP contribution in [0, 0.1) is 0 Å². The molecule has 0 atom stereocenters. The SMILES string of the molecule is c1ccc(-n2c3ccccc3c3cc(-c4cccc(-c5ccc6oc7cccc(-c8nc(-c9ccc%10c(c9)oc9ccccc9%10)nc(-c9cccc%10sc%11ccccc%11c9%10)n8)c7c6c5)c4)ccc32)cc1. The van der Waals surface area contributed by atoms with Crippen LogP contribution in [0.4, 0.5) is 0 Å². The van der Waals surface area contributed by atoms with E-state index in [0.29, 0.717) is 17.5 Å². The number of benzene rings is 10. The second-order valence-corrected chi connectivity index (χ2v) is 19.0. The highest BCUT2D eigenvalue weighted by Gasteiger charge is 2.22. The number of hydrogen-bond acceptors (Lipinski definition) is 6. The van der Waals surface area contributed by atoms with Crippen molar-refractivity contribution < 1.29 is 8.83 Å². The third-order valence-corrected chi connectivity index (χ3v) is 15.0. The fourth-order valence-electron chi connectivity index (χ4n) is 10.7. The summed E-state index contributed by atoms with van der Waals surface area (Å²) in [5.41, 5.74) is 13.9. The quantitative estimate of drug-likeness (QED) is 0.166. The zero-order valence-corrected chi connectivity index (χ0v) is 38.1. The van der Waals surface area contributed by atoms with Gasteiger partial charge in [0.05, 0.1) is 11.0 Å². The number of nitrogens with zero attached hydrogens (tertiary/aromatic N) is 4. The summed E-state index contributed by atoms with van der Waals surface area (Å²) in [6, 6.07) is 76.9. The molecule has 0 aliphatic rings. The maximum absolute atomic E-state index is 6.63. The fourth-order valence-corrected chi connectivity index (χ4v) is 11.8. The Kier molecular flexibility index (Phi) is 8.43. The highest BCUT2D eigenvalue weighted by molar-refractivity contribution is 7.25. The molecule has 0 unspecified atom stereocenters. The number of aromatic nitrogens is 4. The Balaban J connectivity index is 0.886. The van der Waals surface area contributed by atoms with Crippen molar-refractivity contribution in [3.05, 3.63) is 218 Å². The number of fused-ring (bicyclic) bond motifs is 12. The van der Waals surface area contributed by atoms with Gasteiger partial charge < -0.3 is 13.4 Å². The monoisotopic (exact) mass is 912 g/mol. The average Bonchev–Trinajstić information content (AvgIpc) is 4.19. The van der Waals surface area contributed by atoms with Gasteiger partial charge in [0, 0.05) is 74.9 Å². The molecule has 0 saturated heterocycles. The summed E-state index contributed by atoms with van der Waals surface area (Å²) in [7, 11) is 0. The molecule has 0 fully saturated rings. The Bertz CT molecular complexity index is 4620. The number of thiophene rings is 1. The summed E-state index contributed by atoms with van der Waals surface area (Å²) in [4.78, 5) is 16.0. The molecular weight excluding hydrogens is 877 g/mol. The molecule has 15 rings (SSSR count). The van der Waals surface area contributed by atoms with Crippen molar-refractivity contribution >= 4 is 97.2 Å². The number of rotatable bonds is 6. The highest BCUT2D eigenvalue weighted by atomic mass is 32.1. The molecule has 6 nitrogen and oxygen atoms in total. The molecule has 7 heteroatoms. The smallest absolute Gasteiger partial charge is 0.164 e. The Morgan fingerprint density at radius 3 is 1.74 bits per heavy atom. The van der Waals surface area contributed by atoms with E-state index in [1.807, 2.05) is 36.4 Å². The van der Waals surface area contributed by atoms with Crippen LogP contribution in [0.2, 0.25) is 0 Å². The van der Waals surface area contributed by atoms with E-state index >= 15 is 0 Å². The van der Waals surface area contributed by atoms with E-state index in [0.717, 1.165) is 93.9 Å². The van der Waals surface area contributed by atoms with Gasteiger partial charge in [0.1, 0.15) is 22.3 Å². The van der Waals surface area contributed by atoms with Gasteiger partial charge in [0.15, 0.2) is 17.5 Å². The van der Waals surface area contributed by atoms with Gasteiger partial charge >= 0.3 is 0 Å². The largest absolute Gasteiger partial charge is 0.456 e. The summed E-state index contributed by atoms with van der Waals surface area (Å²) in [5, 5.41) is 8.83. The molecule has 0 radical (unpaired) electrons. The predicted molar refractivity (Wildman–Crippen MR) is 289 cm³/mol. The molecule has 0 spiro atoms. The van der Waals surface area contributed by atoms with Gasteiger partial charge in [-0.3, -0.25) is 0 Å². The first-order chi connectivity index (χ1) is 34.7. The number of furan rings is 2. The molecule has 5 heterocycles. The van der Waals surface area contributed by atoms with E-state index < -0.39 is 0 Å². The van der Waals surface area contributed by atoms with E-state index in [9.17, 15) is 0 Å². The molecular formula is C63H36N4O2S. The fraction of sp³-hybridized carbons (Fsp3) is 0. The molecule has 326 valence electrons. The molecule has 15 aromatic rings. The molecule has 0 aliphatic heterocycles. The van der Waals surface area contributed by atoms with Gasteiger partial charge in [0.25, 0.3) is 0 Å². The summed E-state index contributed by atoms with van der Waals surface area (Å²) in [5.74, 6) is 1.72. The van der Waals surface area contributed by atoms with Gasteiger partial charge in [-0.25, -0.2) is 15.0 Å². The van der Waals surface area contributed by atoms with Crippen LogP contribution in [-0.2, 0) is 0 Å². The van der Waals surface area contributed by atoms with Crippen molar-refractivity contribution in [2.24, 2.45) is 0 Å². The molecule has 10 aromatic carbocycles. The van der Waals surface area contributed by atoms with Crippen LogP contribution in [0.3, 0.4) is 0 Å². The van der Waals surface area contributed by atoms with Crippen LogP contribution in [-0.4, -0.2) is 19.5 Å². The van der Waals surface area contributed by atoms with Gasteiger partial charge in [-0.1, -0.05) is 133 Å². The number of hydrogen-bond donors (Lipinski definition) is 0. The second kappa shape index (κ2) is 15.2. The van der Waals surface area contributed by atoms with E-state index in [1.54, 1.807) is 11.3 Å². The zero-order valence-electron chi connectivity index (χ0n) is 37.3. The summed E-state index contributed by atoms with van der Waals surface area (Å²) >= 11 is 1.78. The summed E-state index contributed by atoms with van der Waals surface area (Å²) < 4.78 is 17.8. The maximum Gasteiger partial charge on any atom is 0.164 e. The van der Waals surface area contributed by atoms with Crippen LogP contribution in [0.25, 0.3) is 148 Å². The van der Waals surface area contributed by atoms with Crippen molar-refractivity contribution in [2.45, 2.75) is 0 Å². The maximum atomic E-state index is 6.63. The Hall–Kier alpha value is -9.17. The summed E-state index contributed by atoms with van der Waals surface area (Å²) in [6.07, 6.45) is 0. The number of para-hydroxylation sites is 3. The normalized spacial score (nSPS) is 12.0. The van der Waals surface area contributed by atoms with Crippen molar-refractivity contribution in [3.8, 4) is 62.1 Å². The molecule has 0 N–H and O–H groups in total. The molecule has 0 bridgehead atoms. The first-order valence-corrected chi connectivity index (χ1v) is 24.2. The Morgan fingerprint density at radius 2 is 0.886 bits per heavy atom. The van der Waals surface area contributed by atoms with Gasteiger partial charge in [-0.2, -0.15) is 0 Å². The van der Waals surface area contributed by atoms with Crippen LogP contribution < -0.4 is 0 Å². The van der Waals surface area contributed by atoms with Crippen LogP contribution in [0.1, 0.15) is 0 Å². The topological polar surface area (TPSA) is 69.9 Å². The molecule has 5 aromatic heterocycles. The minimum absolute atomic E-state index is 0.559. The van der Waals surface area contributed by atoms with Gasteiger partial charge in [-0.15, -0.1) is 11.3 Å².